The van der Waals surface area contributed by atoms with Crippen LogP contribution in [0.1, 0.15) is 19.5 Å². The van der Waals surface area contributed by atoms with Crippen LogP contribution in [0.25, 0.3) is 0 Å². The van der Waals surface area contributed by atoms with Crippen molar-refractivity contribution in [1.82, 2.24) is 4.98 Å². The average Bonchev–Trinajstić information content (AvgIpc) is 1.88. The minimum atomic E-state index is 0.348. The van der Waals surface area contributed by atoms with E-state index < -0.39 is 0 Å². The van der Waals surface area contributed by atoms with E-state index in [1.54, 1.807) is 0 Å². The van der Waals surface area contributed by atoms with Crippen molar-refractivity contribution in [3.63, 3.8) is 0 Å². The number of nitrogens with zero attached hydrogens (tertiary/aromatic N) is 1. The summed E-state index contributed by atoms with van der Waals surface area (Å²) in [7, 11) is 0. The summed E-state index contributed by atoms with van der Waals surface area (Å²) in [5, 5.41) is 0. The molecule has 1 aromatic rings. The maximum absolute atomic E-state index is 4.29. The molecule has 0 fully saturated rings. The Hall–Kier alpha value is 0.0331. The Morgan fingerprint density at radius 1 is 1.40 bits per heavy atom. The van der Waals surface area contributed by atoms with Gasteiger partial charge in [0.2, 0.25) is 0 Å². The van der Waals surface area contributed by atoms with Crippen molar-refractivity contribution in [3.05, 3.63) is 30.1 Å². The van der Waals surface area contributed by atoms with Gasteiger partial charge in [0.05, 0.1) is 0 Å². The molecule has 0 saturated heterocycles. The van der Waals surface area contributed by atoms with E-state index in [1.807, 2.05) is 18.3 Å². The van der Waals surface area contributed by atoms with E-state index in [0.717, 1.165) is 24.7 Å². The molecule has 0 saturated carbocycles. The summed E-state index contributed by atoms with van der Waals surface area (Å²) in [6, 6.07) is 6.10. The Labute approximate surface area is 76.7 Å². The molecule has 1 heterocycles. The van der Waals surface area contributed by atoms with Crippen LogP contribution in [0.3, 0.4) is 0 Å². The Morgan fingerprint density at radius 3 is 2.40 bits per heavy atom. The Morgan fingerprint density at radius 2 is 2.10 bits per heavy atom. The second kappa shape index (κ2) is 2.96. The molecule has 0 aliphatic carbocycles. The predicted octanol–water partition coefficient (Wildman–Crippen LogP) is 0.950. The van der Waals surface area contributed by atoms with Crippen molar-refractivity contribution in [1.29, 1.82) is 0 Å². The molecule has 54 valence electrons. The van der Waals surface area contributed by atoms with Gasteiger partial charge in [-0.05, 0) is 0 Å². The first kappa shape index (κ1) is 8.13. The van der Waals surface area contributed by atoms with Gasteiger partial charge in [-0.3, -0.25) is 0 Å². The molecule has 2 heteroatoms. The molecule has 0 bridgehead atoms. The first-order chi connectivity index (χ1) is 4.61. The van der Waals surface area contributed by atoms with E-state index in [9.17, 15) is 0 Å². The molecule has 0 aromatic carbocycles. The van der Waals surface area contributed by atoms with Crippen molar-refractivity contribution in [3.8, 4) is 0 Å². The molecular weight excluding hydrogens is 319 g/mol. The summed E-state index contributed by atoms with van der Waals surface area (Å²) in [5.74, 6) is 0. The van der Waals surface area contributed by atoms with Crippen LogP contribution in [0.5, 0.6) is 0 Å². The van der Waals surface area contributed by atoms with Crippen molar-refractivity contribution >= 4 is 24.7 Å². The van der Waals surface area contributed by atoms with Crippen LogP contribution < -0.4 is 0 Å². The molecule has 0 amide bonds. The Bertz CT molecular complexity index is 200. The van der Waals surface area contributed by atoms with E-state index in [0.29, 0.717) is 3.12 Å². The Kier molecular flexibility index (Phi) is 2.41. The monoisotopic (exact) mass is 331 g/mol. The number of hydrogen-bond acceptors (Lipinski definition) is 1. The van der Waals surface area contributed by atoms with Crippen LogP contribution in [-0.2, 0) is 3.12 Å². The van der Waals surface area contributed by atoms with E-state index in [2.05, 4.69) is 24.9 Å². The van der Waals surface area contributed by atoms with Gasteiger partial charge in [0.25, 0.3) is 0 Å². The van der Waals surface area contributed by atoms with E-state index >= 15 is 0 Å². The second-order valence-corrected chi connectivity index (χ2v) is 8.55. The number of hydrogen-bond donors (Lipinski definition) is 0. The number of rotatable bonds is 1. The molecule has 0 aliphatic rings. The van der Waals surface area contributed by atoms with Crippen LogP contribution in [0, 0.1) is 0 Å². The molecule has 1 rings (SSSR count). The molecule has 0 unspecified atom stereocenters. The topological polar surface area (TPSA) is 12.9 Å². The summed E-state index contributed by atoms with van der Waals surface area (Å²) in [5.41, 5.74) is 1.22. The van der Waals surface area contributed by atoms with Gasteiger partial charge in [-0.25, -0.2) is 0 Å². The zero-order valence-electron chi connectivity index (χ0n) is 6.33. The maximum atomic E-state index is 4.29. The number of aromatic nitrogens is 1. The predicted molar refractivity (Wildman–Crippen MR) is 45.8 cm³/mol. The van der Waals surface area contributed by atoms with Crippen LogP contribution >= 0.6 is 0 Å². The minimum absolute atomic E-state index is 0.348. The van der Waals surface area contributed by atoms with Gasteiger partial charge in [0, 0.05) is 0 Å². The fraction of sp³-hybridized carbons (Fsp3) is 0.375. The summed E-state index contributed by atoms with van der Waals surface area (Å²) < 4.78 is 0.348. The molecule has 1 aromatic heterocycles. The first-order valence-electron chi connectivity index (χ1n) is 3.31. The van der Waals surface area contributed by atoms with E-state index in [4.69, 9.17) is 0 Å². The molecular formula is C8H12BiN. The summed E-state index contributed by atoms with van der Waals surface area (Å²) in [6.07, 6.45) is 1.86. The van der Waals surface area contributed by atoms with Gasteiger partial charge in [-0.2, -0.15) is 0 Å². The summed E-state index contributed by atoms with van der Waals surface area (Å²) in [6.45, 7) is 4.47. The summed E-state index contributed by atoms with van der Waals surface area (Å²) in [4.78, 5) is 4.29. The quantitative estimate of drug-likeness (QED) is 0.699. The SMILES string of the molecule is C[C](C)([BiH2])c1ccccn1. The van der Waals surface area contributed by atoms with Gasteiger partial charge in [-0.15, -0.1) is 0 Å². The molecule has 0 atom stereocenters. The molecule has 0 N–H and O–H groups in total. The molecule has 0 spiro atoms. The van der Waals surface area contributed by atoms with Crippen LogP contribution in [0.15, 0.2) is 24.4 Å². The Balaban J connectivity index is 2.97. The van der Waals surface area contributed by atoms with Crippen LogP contribution in [0.4, 0.5) is 0 Å². The number of pyridine rings is 1. The summed E-state index contributed by atoms with van der Waals surface area (Å²) >= 11 is 0.951. The molecule has 1 nitrogen and oxygen atoms in total. The van der Waals surface area contributed by atoms with Gasteiger partial charge < -0.3 is 0 Å². The van der Waals surface area contributed by atoms with Crippen LogP contribution in [0.2, 0.25) is 0 Å². The first-order valence-corrected chi connectivity index (χ1v) is 5.55. The fourth-order valence-electron chi connectivity index (χ4n) is 0.744. The molecule has 0 aliphatic heterocycles. The third-order valence-corrected chi connectivity index (χ3v) is 2.47. The zero-order chi connectivity index (χ0) is 7.61. The van der Waals surface area contributed by atoms with Crippen LogP contribution in [-0.4, -0.2) is 29.7 Å². The molecule has 10 heavy (non-hydrogen) atoms. The average molecular weight is 331 g/mol. The standard InChI is InChI=1S/C8H10N.Bi.2H/c1-7(2)8-5-3-4-6-9-8;;;/h3-6H,1-2H3;;;. The molecule has 0 radical (unpaired) electrons. The van der Waals surface area contributed by atoms with E-state index in [-0.39, 0.29) is 0 Å². The second-order valence-electron chi connectivity index (χ2n) is 2.94. The van der Waals surface area contributed by atoms with Crippen molar-refractivity contribution < 1.29 is 0 Å². The van der Waals surface area contributed by atoms with Gasteiger partial charge in [0.15, 0.2) is 0 Å². The third kappa shape index (κ3) is 2.02. The van der Waals surface area contributed by atoms with Crippen molar-refractivity contribution in [2.75, 3.05) is 0 Å². The normalized spacial score (nSPS) is 11.5. The third-order valence-electron chi connectivity index (χ3n) is 1.33. The van der Waals surface area contributed by atoms with Gasteiger partial charge in [0.1, 0.15) is 0 Å². The van der Waals surface area contributed by atoms with Crippen molar-refractivity contribution in [2.24, 2.45) is 0 Å². The van der Waals surface area contributed by atoms with Gasteiger partial charge >= 0.3 is 76.8 Å². The zero-order valence-corrected chi connectivity index (χ0v) is 10.8. The fourth-order valence-corrected chi connectivity index (χ4v) is 1.41. The van der Waals surface area contributed by atoms with Gasteiger partial charge in [-0.1, -0.05) is 0 Å². The van der Waals surface area contributed by atoms with Crippen molar-refractivity contribution in [2.45, 2.75) is 17.0 Å². The van der Waals surface area contributed by atoms with E-state index in [1.165, 1.54) is 5.69 Å².